The number of halogens is 2. The van der Waals surface area contributed by atoms with Crippen LogP contribution in [0.25, 0.3) is 0 Å². The van der Waals surface area contributed by atoms with E-state index in [0.717, 1.165) is 0 Å². The van der Waals surface area contributed by atoms with Crippen molar-refractivity contribution >= 4 is 44.6 Å². The Hall–Kier alpha value is -1.43. The maximum absolute atomic E-state index is 12.5. The highest BCUT2D eigenvalue weighted by molar-refractivity contribution is 7.92. The molecule has 0 aliphatic rings. The Balaban J connectivity index is 2.46. The quantitative estimate of drug-likeness (QED) is 0.826. The lowest BCUT2D eigenvalue weighted by atomic mass is 10.1. The number of nitrogen functional groups attached to an aromatic ring is 1. The zero-order valence-corrected chi connectivity index (χ0v) is 13.8. The minimum Gasteiger partial charge on any atom is -0.399 e. The van der Waals surface area contributed by atoms with Crippen molar-refractivity contribution in [1.29, 1.82) is 0 Å². The van der Waals surface area contributed by atoms with Gasteiger partial charge in [0.25, 0.3) is 10.0 Å². The second kappa shape index (κ2) is 5.75. The normalized spacial score (nSPS) is 11.4. The fourth-order valence-corrected chi connectivity index (χ4v) is 3.98. The van der Waals surface area contributed by atoms with E-state index in [1.54, 1.807) is 32.0 Å². The second-order valence-corrected chi connectivity index (χ2v) is 7.15. The monoisotopic (exact) mass is 344 g/mol. The van der Waals surface area contributed by atoms with Crippen molar-refractivity contribution in [3.63, 3.8) is 0 Å². The van der Waals surface area contributed by atoms with E-state index >= 15 is 0 Å². The first-order valence-corrected chi connectivity index (χ1v) is 8.29. The summed E-state index contributed by atoms with van der Waals surface area (Å²) in [6, 6.07) is 7.79. The predicted molar refractivity (Wildman–Crippen MR) is 87.6 cm³/mol. The van der Waals surface area contributed by atoms with Crippen LogP contribution in [0.4, 0.5) is 11.4 Å². The lowest BCUT2D eigenvalue weighted by Crippen LogP contribution is -2.16. The Morgan fingerprint density at radius 1 is 1.00 bits per heavy atom. The smallest absolute Gasteiger partial charge is 0.262 e. The van der Waals surface area contributed by atoms with Gasteiger partial charge in [-0.05, 0) is 55.3 Å². The molecule has 0 unspecified atom stereocenters. The SMILES string of the molecule is Cc1cc(N)cc(C)c1S(=O)(=O)Nc1ccc(Cl)c(Cl)c1. The molecule has 3 N–H and O–H groups in total. The minimum absolute atomic E-state index is 0.211. The highest BCUT2D eigenvalue weighted by Crippen LogP contribution is 2.28. The Kier molecular flexibility index (Phi) is 4.37. The molecule has 7 heteroatoms. The predicted octanol–water partition coefficient (Wildman–Crippen LogP) is 3.99. The standard InChI is InChI=1S/C14H14Cl2N2O2S/c1-8-5-10(17)6-9(2)14(8)21(19,20)18-11-3-4-12(15)13(16)7-11/h3-7,18H,17H2,1-2H3. The summed E-state index contributed by atoms with van der Waals surface area (Å²) in [4.78, 5) is 0.211. The molecule has 0 amide bonds. The van der Waals surface area contributed by atoms with Crippen LogP contribution in [0, 0.1) is 13.8 Å². The minimum atomic E-state index is -3.73. The van der Waals surface area contributed by atoms with Crippen molar-refractivity contribution in [3.05, 3.63) is 51.5 Å². The summed E-state index contributed by atoms with van der Waals surface area (Å²) in [5.74, 6) is 0. The van der Waals surface area contributed by atoms with Crippen LogP contribution in [0.2, 0.25) is 10.0 Å². The van der Waals surface area contributed by atoms with E-state index in [2.05, 4.69) is 4.72 Å². The fraction of sp³-hybridized carbons (Fsp3) is 0.143. The first-order chi connectivity index (χ1) is 9.70. The van der Waals surface area contributed by atoms with Crippen LogP contribution in [-0.2, 0) is 10.0 Å². The average molecular weight is 345 g/mol. The summed E-state index contributed by atoms with van der Waals surface area (Å²) in [5, 5.41) is 0.641. The van der Waals surface area contributed by atoms with Crippen molar-refractivity contribution in [1.82, 2.24) is 0 Å². The van der Waals surface area contributed by atoms with Gasteiger partial charge in [0.05, 0.1) is 20.6 Å². The number of sulfonamides is 1. The number of hydrogen-bond acceptors (Lipinski definition) is 3. The topological polar surface area (TPSA) is 72.2 Å². The molecule has 0 heterocycles. The van der Waals surface area contributed by atoms with Crippen LogP contribution in [0.1, 0.15) is 11.1 Å². The van der Waals surface area contributed by atoms with Crippen LogP contribution in [-0.4, -0.2) is 8.42 Å². The zero-order chi connectivity index (χ0) is 15.8. The molecule has 0 spiro atoms. The van der Waals surface area contributed by atoms with Gasteiger partial charge in [0.15, 0.2) is 0 Å². The van der Waals surface area contributed by atoms with Crippen molar-refractivity contribution in [2.75, 3.05) is 10.5 Å². The summed E-state index contributed by atoms with van der Waals surface area (Å²) in [5.41, 5.74) is 7.75. The van der Waals surface area contributed by atoms with Gasteiger partial charge in [0.2, 0.25) is 0 Å². The van der Waals surface area contributed by atoms with E-state index in [-0.39, 0.29) is 9.92 Å². The third kappa shape index (κ3) is 3.43. The van der Waals surface area contributed by atoms with Gasteiger partial charge in [-0.2, -0.15) is 0 Å². The number of benzene rings is 2. The van der Waals surface area contributed by atoms with Crippen molar-refractivity contribution in [2.45, 2.75) is 18.7 Å². The van der Waals surface area contributed by atoms with Crippen molar-refractivity contribution < 1.29 is 8.42 Å². The molecule has 0 fully saturated rings. The average Bonchev–Trinajstić information content (AvgIpc) is 2.31. The summed E-state index contributed by atoms with van der Waals surface area (Å²) in [6.45, 7) is 3.40. The maximum atomic E-state index is 12.5. The Morgan fingerprint density at radius 2 is 1.57 bits per heavy atom. The molecule has 2 rings (SSSR count). The summed E-state index contributed by atoms with van der Waals surface area (Å²) in [6.07, 6.45) is 0. The molecule has 0 radical (unpaired) electrons. The summed E-state index contributed by atoms with van der Waals surface area (Å²) < 4.78 is 27.5. The molecule has 0 aromatic heterocycles. The molecule has 0 atom stereocenters. The fourth-order valence-electron chi connectivity index (χ4n) is 2.17. The van der Waals surface area contributed by atoms with E-state index in [0.29, 0.717) is 27.5 Å². The Labute approximate surface area is 133 Å². The Morgan fingerprint density at radius 3 is 2.10 bits per heavy atom. The molecule has 2 aromatic carbocycles. The van der Waals surface area contributed by atoms with E-state index in [9.17, 15) is 8.42 Å². The van der Waals surface area contributed by atoms with Gasteiger partial charge in [0, 0.05) is 5.69 Å². The van der Waals surface area contributed by atoms with Gasteiger partial charge in [-0.15, -0.1) is 0 Å². The molecular formula is C14H14Cl2N2O2S. The lowest BCUT2D eigenvalue weighted by Gasteiger charge is -2.14. The largest absolute Gasteiger partial charge is 0.399 e. The van der Waals surface area contributed by atoms with Crippen LogP contribution in [0.5, 0.6) is 0 Å². The first-order valence-electron chi connectivity index (χ1n) is 6.05. The number of hydrogen-bond donors (Lipinski definition) is 2. The molecule has 0 saturated heterocycles. The number of nitrogens with two attached hydrogens (primary N) is 1. The third-order valence-electron chi connectivity index (χ3n) is 2.92. The summed E-state index contributed by atoms with van der Waals surface area (Å²) >= 11 is 11.7. The van der Waals surface area contributed by atoms with Crippen LogP contribution >= 0.6 is 23.2 Å². The number of rotatable bonds is 3. The summed E-state index contributed by atoms with van der Waals surface area (Å²) in [7, 11) is -3.73. The third-order valence-corrected chi connectivity index (χ3v) is 5.35. The number of aryl methyl sites for hydroxylation is 2. The zero-order valence-electron chi connectivity index (χ0n) is 11.4. The maximum Gasteiger partial charge on any atom is 0.262 e. The molecule has 112 valence electrons. The van der Waals surface area contributed by atoms with E-state index in [1.807, 2.05) is 0 Å². The molecule has 0 aliphatic carbocycles. The molecule has 21 heavy (non-hydrogen) atoms. The van der Waals surface area contributed by atoms with E-state index in [1.165, 1.54) is 12.1 Å². The second-order valence-electron chi connectivity index (χ2n) is 4.72. The van der Waals surface area contributed by atoms with Gasteiger partial charge < -0.3 is 5.73 Å². The van der Waals surface area contributed by atoms with Gasteiger partial charge in [0.1, 0.15) is 0 Å². The van der Waals surface area contributed by atoms with Gasteiger partial charge in [-0.1, -0.05) is 23.2 Å². The number of nitrogens with one attached hydrogen (secondary N) is 1. The highest BCUT2D eigenvalue weighted by Gasteiger charge is 2.20. The molecule has 4 nitrogen and oxygen atoms in total. The van der Waals surface area contributed by atoms with Gasteiger partial charge in [-0.25, -0.2) is 8.42 Å². The first kappa shape index (κ1) is 15.9. The highest BCUT2D eigenvalue weighted by atomic mass is 35.5. The van der Waals surface area contributed by atoms with E-state index in [4.69, 9.17) is 28.9 Å². The molecule has 0 saturated carbocycles. The van der Waals surface area contributed by atoms with Crippen molar-refractivity contribution in [2.24, 2.45) is 0 Å². The molecular weight excluding hydrogens is 331 g/mol. The number of anilines is 2. The van der Waals surface area contributed by atoms with Crippen LogP contribution in [0.15, 0.2) is 35.2 Å². The van der Waals surface area contributed by atoms with Gasteiger partial charge >= 0.3 is 0 Å². The van der Waals surface area contributed by atoms with Crippen LogP contribution < -0.4 is 10.5 Å². The molecule has 2 aromatic rings. The van der Waals surface area contributed by atoms with Crippen molar-refractivity contribution in [3.8, 4) is 0 Å². The van der Waals surface area contributed by atoms with Gasteiger partial charge in [-0.3, -0.25) is 4.72 Å². The Bertz CT molecular complexity index is 782. The van der Waals surface area contributed by atoms with E-state index < -0.39 is 10.0 Å². The molecule has 0 aliphatic heterocycles. The van der Waals surface area contributed by atoms with Crippen LogP contribution in [0.3, 0.4) is 0 Å². The lowest BCUT2D eigenvalue weighted by molar-refractivity contribution is 0.600. The molecule has 0 bridgehead atoms.